The van der Waals surface area contributed by atoms with Crippen molar-refractivity contribution in [1.29, 1.82) is 0 Å². The molecule has 3 heterocycles. The molecule has 0 aromatic carbocycles. The number of carbonyl (C=O) groups excluding carboxylic acids is 2. The van der Waals surface area contributed by atoms with Gasteiger partial charge in [-0.3, -0.25) is 14.6 Å². The third-order valence-electron chi connectivity index (χ3n) is 6.90. The number of aromatic nitrogens is 2. The van der Waals surface area contributed by atoms with E-state index in [9.17, 15) is 9.59 Å². The summed E-state index contributed by atoms with van der Waals surface area (Å²) in [6, 6.07) is 0. The summed E-state index contributed by atoms with van der Waals surface area (Å²) in [5, 5.41) is 0. The maximum absolute atomic E-state index is 12.9. The van der Waals surface area contributed by atoms with Crippen LogP contribution in [0.15, 0.2) is 18.6 Å². The van der Waals surface area contributed by atoms with Crippen LogP contribution in [0.1, 0.15) is 68.3 Å². The number of likely N-dealkylation sites (tertiary alicyclic amines) is 2. The SMILES string of the molecule is O=C(CCC1CN(C(=O)c2cnccn2)CC12CCCCC2)N1CCCC1. The first kappa shape index (κ1) is 18.4. The predicted octanol–water partition coefficient (Wildman–Crippen LogP) is 2.90. The molecule has 0 N–H and O–H groups in total. The quantitative estimate of drug-likeness (QED) is 0.817. The van der Waals surface area contributed by atoms with E-state index >= 15 is 0 Å². The largest absolute Gasteiger partial charge is 0.343 e. The topological polar surface area (TPSA) is 66.4 Å². The Labute approximate surface area is 161 Å². The first-order chi connectivity index (χ1) is 13.2. The van der Waals surface area contributed by atoms with Crippen molar-refractivity contribution in [3.8, 4) is 0 Å². The van der Waals surface area contributed by atoms with E-state index in [1.807, 2.05) is 9.80 Å². The van der Waals surface area contributed by atoms with Crippen molar-refractivity contribution in [2.24, 2.45) is 11.3 Å². The van der Waals surface area contributed by atoms with Gasteiger partial charge in [0.15, 0.2) is 0 Å². The maximum atomic E-state index is 12.9. The van der Waals surface area contributed by atoms with Crippen LogP contribution >= 0.6 is 0 Å². The molecule has 1 aromatic rings. The molecule has 2 amide bonds. The Balaban J connectivity index is 1.45. The normalized spacial score (nSPS) is 24.5. The summed E-state index contributed by atoms with van der Waals surface area (Å²) in [5.74, 6) is 0.712. The van der Waals surface area contributed by atoms with E-state index in [-0.39, 0.29) is 11.3 Å². The zero-order valence-electron chi connectivity index (χ0n) is 16.1. The minimum Gasteiger partial charge on any atom is -0.343 e. The van der Waals surface area contributed by atoms with E-state index in [1.54, 1.807) is 18.6 Å². The van der Waals surface area contributed by atoms with Crippen LogP contribution in [0.2, 0.25) is 0 Å². The molecule has 1 aliphatic carbocycles. The fraction of sp³-hybridized carbons (Fsp3) is 0.714. The molecule has 1 aromatic heterocycles. The molecule has 3 fully saturated rings. The Hall–Kier alpha value is -1.98. The predicted molar refractivity (Wildman–Crippen MR) is 102 cm³/mol. The molecule has 6 nitrogen and oxygen atoms in total. The molecule has 0 radical (unpaired) electrons. The van der Waals surface area contributed by atoms with Crippen LogP contribution < -0.4 is 0 Å². The number of hydrogen-bond donors (Lipinski definition) is 0. The molecule has 1 saturated carbocycles. The zero-order valence-corrected chi connectivity index (χ0v) is 16.1. The van der Waals surface area contributed by atoms with Crippen molar-refractivity contribution in [2.75, 3.05) is 26.2 Å². The van der Waals surface area contributed by atoms with E-state index in [2.05, 4.69) is 9.97 Å². The van der Waals surface area contributed by atoms with Crippen molar-refractivity contribution in [2.45, 2.75) is 57.8 Å². The van der Waals surface area contributed by atoms with Gasteiger partial charge in [0.1, 0.15) is 5.69 Å². The summed E-state index contributed by atoms with van der Waals surface area (Å²) in [7, 11) is 0. The van der Waals surface area contributed by atoms with Gasteiger partial charge in [-0.15, -0.1) is 0 Å². The highest BCUT2D eigenvalue weighted by Crippen LogP contribution is 2.49. The van der Waals surface area contributed by atoms with Crippen molar-refractivity contribution in [1.82, 2.24) is 19.8 Å². The molecule has 2 aliphatic heterocycles. The Bertz CT molecular complexity index is 666. The molecule has 1 unspecified atom stereocenters. The molecule has 1 atom stereocenters. The van der Waals surface area contributed by atoms with E-state index in [0.717, 1.165) is 45.4 Å². The molecule has 3 aliphatic rings. The Kier molecular flexibility index (Phi) is 5.41. The first-order valence-electron chi connectivity index (χ1n) is 10.5. The minimum absolute atomic E-state index is 0.0126. The second-order valence-corrected chi connectivity index (χ2v) is 8.52. The summed E-state index contributed by atoms with van der Waals surface area (Å²) in [6.07, 6.45) is 14.7. The molecule has 1 spiro atoms. The first-order valence-corrected chi connectivity index (χ1v) is 10.5. The van der Waals surface area contributed by atoms with Gasteiger partial charge in [0.25, 0.3) is 5.91 Å². The van der Waals surface area contributed by atoms with Gasteiger partial charge in [-0.05, 0) is 43.4 Å². The molecule has 2 saturated heterocycles. The van der Waals surface area contributed by atoms with Gasteiger partial charge in [-0.2, -0.15) is 0 Å². The van der Waals surface area contributed by atoms with Crippen LogP contribution in [0, 0.1) is 11.3 Å². The van der Waals surface area contributed by atoms with Crippen molar-refractivity contribution >= 4 is 11.8 Å². The van der Waals surface area contributed by atoms with Gasteiger partial charge in [-0.1, -0.05) is 19.3 Å². The number of amides is 2. The number of rotatable bonds is 4. The van der Waals surface area contributed by atoms with Crippen LogP contribution in [0.25, 0.3) is 0 Å². The molecule has 146 valence electrons. The highest BCUT2D eigenvalue weighted by Gasteiger charge is 2.48. The summed E-state index contributed by atoms with van der Waals surface area (Å²) < 4.78 is 0. The van der Waals surface area contributed by atoms with E-state index in [1.165, 1.54) is 32.1 Å². The van der Waals surface area contributed by atoms with Crippen LogP contribution in [0.5, 0.6) is 0 Å². The average Bonchev–Trinajstić information content (AvgIpc) is 3.36. The fourth-order valence-electron chi connectivity index (χ4n) is 5.40. The lowest BCUT2D eigenvalue weighted by Gasteiger charge is -2.38. The Morgan fingerprint density at radius 2 is 1.81 bits per heavy atom. The number of carbonyl (C=O) groups is 2. The fourth-order valence-corrected chi connectivity index (χ4v) is 5.40. The monoisotopic (exact) mass is 370 g/mol. The van der Waals surface area contributed by atoms with Gasteiger partial charge in [-0.25, -0.2) is 4.98 Å². The van der Waals surface area contributed by atoms with Gasteiger partial charge in [0, 0.05) is 45.0 Å². The van der Waals surface area contributed by atoms with Crippen molar-refractivity contribution in [3.05, 3.63) is 24.3 Å². The minimum atomic E-state index is -0.0126. The lowest BCUT2D eigenvalue weighted by Crippen LogP contribution is -2.35. The number of hydrogen-bond acceptors (Lipinski definition) is 4. The van der Waals surface area contributed by atoms with E-state index < -0.39 is 0 Å². The van der Waals surface area contributed by atoms with Gasteiger partial charge < -0.3 is 9.80 Å². The van der Waals surface area contributed by atoms with E-state index in [4.69, 9.17) is 0 Å². The Morgan fingerprint density at radius 3 is 2.52 bits per heavy atom. The van der Waals surface area contributed by atoms with Gasteiger partial charge in [0.2, 0.25) is 5.91 Å². The molecular formula is C21H30N4O2. The molecular weight excluding hydrogens is 340 g/mol. The van der Waals surface area contributed by atoms with Crippen LogP contribution in [-0.2, 0) is 4.79 Å². The summed E-state index contributed by atoms with van der Waals surface area (Å²) in [6.45, 7) is 3.41. The second-order valence-electron chi connectivity index (χ2n) is 8.52. The lowest BCUT2D eigenvalue weighted by molar-refractivity contribution is -0.130. The van der Waals surface area contributed by atoms with Gasteiger partial charge >= 0.3 is 0 Å². The van der Waals surface area contributed by atoms with Crippen molar-refractivity contribution < 1.29 is 9.59 Å². The van der Waals surface area contributed by atoms with Crippen LogP contribution in [-0.4, -0.2) is 57.8 Å². The summed E-state index contributed by atoms with van der Waals surface area (Å²) >= 11 is 0. The van der Waals surface area contributed by atoms with Crippen LogP contribution in [0.3, 0.4) is 0 Å². The highest BCUT2D eigenvalue weighted by atomic mass is 16.2. The Morgan fingerprint density at radius 1 is 1.04 bits per heavy atom. The lowest BCUT2D eigenvalue weighted by atomic mass is 9.66. The highest BCUT2D eigenvalue weighted by molar-refractivity contribution is 5.92. The molecule has 4 rings (SSSR count). The zero-order chi connectivity index (χ0) is 18.7. The molecule has 6 heteroatoms. The standard InChI is InChI=1S/C21H30N4O2/c26-19(24-12-4-5-13-24)7-6-17-15-25(16-21(17)8-2-1-3-9-21)20(27)18-14-22-10-11-23-18/h10-11,14,17H,1-9,12-13,15-16H2. The third-order valence-corrected chi connectivity index (χ3v) is 6.90. The summed E-state index contributed by atoms with van der Waals surface area (Å²) in [5.41, 5.74) is 0.624. The third kappa shape index (κ3) is 3.85. The number of nitrogens with zero attached hydrogens (tertiary/aromatic N) is 4. The van der Waals surface area contributed by atoms with Gasteiger partial charge in [0.05, 0.1) is 6.20 Å². The van der Waals surface area contributed by atoms with Crippen molar-refractivity contribution in [3.63, 3.8) is 0 Å². The maximum Gasteiger partial charge on any atom is 0.274 e. The van der Waals surface area contributed by atoms with E-state index in [0.29, 0.717) is 23.9 Å². The smallest absolute Gasteiger partial charge is 0.274 e. The average molecular weight is 370 g/mol. The second kappa shape index (κ2) is 7.95. The molecule has 0 bridgehead atoms. The van der Waals surface area contributed by atoms with Crippen LogP contribution in [0.4, 0.5) is 0 Å². The summed E-state index contributed by atoms with van der Waals surface area (Å²) in [4.78, 5) is 37.7. The molecule has 27 heavy (non-hydrogen) atoms.